The molecule has 0 bridgehead atoms. The van der Waals surface area contributed by atoms with Crippen LogP contribution in [0.25, 0.3) is 21.5 Å². The number of hydrogen-bond donors (Lipinski definition) is 0. The third-order valence-electron chi connectivity index (χ3n) is 7.94. The number of halogens is 2. The molecule has 0 amide bonds. The van der Waals surface area contributed by atoms with Gasteiger partial charge in [-0.3, -0.25) is 0 Å². The van der Waals surface area contributed by atoms with E-state index in [9.17, 15) is 0 Å². The van der Waals surface area contributed by atoms with Gasteiger partial charge in [0, 0.05) is 0 Å². The summed E-state index contributed by atoms with van der Waals surface area (Å²) >= 11 is 1.56. The van der Waals surface area contributed by atoms with E-state index in [0.29, 0.717) is 17.3 Å². The predicted molar refractivity (Wildman–Crippen MR) is 151 cm³/mol. The van der Waals surface area contributed by atoms with Gasteiger partial charge in [0.05, 0.1) is 0 Å². The fourth-order valence-corrected chi connectivity index (χ4v) is 9.60. The fourth-order valence-electron chi connectivity index (χ4n) is 5.09. The van der Waals surface area contributed by atoms with Crippen molar-refractivity contribution >= 4 is 27.0 Å². The van der Waals surface area contributed by atoms with Gasteiger partial charge in [0.25, 0.3) is 0 Å². The van der Waals surface area contributed by atoms with E-state index in [1.54, 1.807) is 52.6 Å². The van der Waals surface area contributed by atoms with E-state index in [1.807, 2.05) is 0 Å². The maximum absolute atomic E-state index is 2.40. The molecule has 7 rings (SSSR count). The molecule has 0 N–H and O–H groups in total. The molecule has 196 valence electrons. The number of hydrogen-bond acceptors (Lipinski definition) is 0. The molecular formula is C33H40Cl2HfSi-2. The van der Waals surface area contributed by atoms with Gasteiger partial charge in [0.2, 0.25) is 0 Å². The van der Waals surface area contributed by atoms with Crippen LogP contribution in [0.3, 0.4) is 0 Å². The molecule has 2 saturated carbocycles. The second kappa shape index (κ2) is 13.6. The van der Waals surface area contributed by atoms with Crippen molar-refractivity contribution in [3.63, 3.8) is 0 Å². The second-order valence-electron chi connectivity index (χ2n) is 11.6. The van der Waals surface area contributed by atoms with E-state index in [4.69, 9.17) is 0 Å². The Morgan fingerprint density at radius 3 is 1.35 bits per heavy atom. The number of rotatable bonds is 4. The molecule has 4 aromatic carbocycles. The van der Waals surface area contributed by atoms with Crippen molar-refractivity contribution in [2.45, 2.75) is 95.6 Å². The predicted octanol–water partition coefficient (Wildman–Crippen LogP) is 4.06. The summed E-state index contributed by atoms with van der Waals surface area (Å²) in [5, 5.41) is 5.87. The Labute approximate surface area is 251 Å². The van der Waals surface area contributed by atoms with Crippen molar-refractivity contribution in [1.82, 2.24) is 0 Å². The van der Waals surface area contributed by atoms with Gasteiger partial charge in [0.15, 0.2) is 0 Å². The van der Waals surface area contributed by atoms with E-state index in [2.05, 4.69) is 88.4 Å². The van der Waals surface area contributed by atoms with Gasteiger partial charge in [-0.05, 0) is 49.4 Å². The fraction of sp³-hybridized carbons (Fsp3) is 0.455. The molecule has 37 heavy (non-hydrogen) atoms. The summed E-state index contributed by atoms with van der Waals surface area (Å²) in [4.78, 5) is 0. The molecule has 0 radical (unpaired) electrons. The summed E-state index contributed by atoms with van der Waals surface area (Å²) in [5.74, 6) is 3.00. The Morgan fingerprint density at radius 2 is 1.08 bits per heavy atom. The van der Waals surface area contributed by atoms with Crippen LogP contribution in [-0.4, -0.2) is 5.49 Å². The molecule has 4 aromatic rings. The van der Waals surface area contributed by atoms with Gasteiger partial charge >= 0.3 is 47.0 Å². The normalized spacial score (nSPS) is 16.4. The van der Waals surface area contributed by atoms with Crippen LogP contribution in [0, 0.1) is 0 Å². The quantitative estimate of drug-likeness (QED) is 0.221. The Bertz CT molecular complexity index is 1220. The van der Waals surface area contributed by atoms with Gasteiger partial charge in [-0.1, -0.05) is 51.0 Å². The van der Waals surface area contributed by atoms with Crippen LogP contribution in [0.15, 0.2) is 60.7 Å². The average molecular weight is 714 g/mol. The van der Waals surface area contributed by atoms with Crippen LogP contribution in [0.5, 0.6) is 0 Å². The summed E-state index contributed by atoms with van der Waals surface area (Å²) in [6, 6.07) is 26.3. The zero-order valence-corrected chi connectivity index (χ0v) is 28.9. The molecule has 3 aliphatic rings. The first-order chi connectivity index (χ1) is 16.9. The molecule has 2 aliphatic carbocycles. The Balaban J connectivity index is 0.000000166. The molecule has 1 aliphatic heterocycles. The van der Waals surface area contributed by atoms with Crippen LogP contribution in [0.1, 0.15) is 106 Å². The summed E-state index contributed by atoms with van der Waals surface area (Å²) in [6.45, 7) is 9.08. The standard InChI is InChI=1S/2C15H17.C3H6Si.2ClH.Hf/c2*1-10(2)13-8-12-4-3-5-14(11-6-7-11)15(12)9-13;1-2-4-3-1;;;/h2*3-5,8-11H,6-7H2,1-2H3;1-3H2;2*1H;/q2*-1;;;;+2/p-2. The maximum atomic E-state index is 2.40. The van der Waals surface area contributed by atoms with Crippen LogP contribution < -0.4 is 24.8 Å². The van der Waals surface area contributed by atoms with Gasteiger partial charge < -0.3 is 24.8 Å². The van der Waals surface area contributed by atoms with Gasteiger partial charge in [-0.25, -0.2) is 0 Å². The van der Waals surface area contributed by atoms with Crippen LogP contribution in [0.2, 0.25) is 12.1 Å². The van der Waals surface area contributed by atoms with Gasteiger partial charge in [0.1, 0.15) is 0 Å². The topological polar surface area (TPSA) is 0 Å². The van der Waals surface area contributed by atoms with E-state index in [0.717, 1.165) is 11.8 Å². The molecule has 0 nitrogen and oxygen atoms in total. The van der Waals surface area contributed by atoms with E-state index >= 15 is 0 Å². The zero-order chi connectivity index (χ0) is 24.5. The summed E-state index contributed by atoms with van der Waals surface area (Å²) in [5.41, 5.74) is 6.58. The van der Waals surface area contributed by atoms with Crippen LogP contribution in [0.4, 0.5) is 0 Å². The molecule has 0 atom stereocenters. The zero-order valence-electron chi connectivity index (χ0n) is 22.8. The first-order valence-corrected chi connectivity index (χ1v) is 21.2. The van der Waals surface area contributed by atoms with Crippen molar-refractivity contribution in [1.29, 1.82) is 0 Å². The minimum atomic E-state index is 0. The molecule has 3 fully saturated rings. The first kappa shape index (κ1) is 30.9. The summed E-state index contributed by atoms with van der Waals surface area (Å²) in [7, 11) is 0. The van der Waals surface area contributed by atoms with Gasteiger partial charge in [-0.15, -0.1) is 69.1 Å². The molecule has 1 saturated heterocycles. The van der Waals surface area contributed by atoms with Crippen molar-refractivity contribution in [3.05, 3.63) is 82.9 Å². The summed E-state index contributed by atoms with van der Waals surface area (Å²) < 4.78 is 0. The molecule has 1 heterocycles. The molecule has 0 spiro atoms. The average Bonchev–Trinajstić information content (AvgIpc) is 3.75. The number of benzene rings is 2. The SMILES string of the molecule is CC(C)c1cc2c(C3CC3)cccc2[cH-]1.CC(C)c1cc2c(C3CC3)cccc2[cH-]1.[Cl-].[Cl-].[Hf+2]=[Si]1CCC1. The third-order valence-corrected chi connectivity index (χ3v) is 15.2. The summed E-state index contributed by atoms with van der Waals surface area (Å²) in [6.07, 6.45) is 7.13. The monoisotopic (exact) mass is 714 g/mol. The van der Waals surface area contributed by atoms with Crippen LogP contribution in [-0.2, 0) is 23.0 Å². The van der Waals surface area contributed by atoms with E-state index < -0.39 is 0 Å². The van der Waals surface area contributed by atoms with Crippen molar-refractivity contribution in [2.75, 3.05) is 0 Å². The third kappa shape index (κ3) is 7.71. The van der Waals surface area contributed by atoms with E-state index in [-0.39, 0.29) is 24.8 Å². The van der Waals surface area contributed by atoms with Crippen molar-refractivity contribution < 1.29 is 47.8 Å². The Hall–Kier alpha value is -0.673. The molecular weight excluding hydrogens is 674 g/mol. The minimum absolute atomic E-state index is 0. The van der Waals surface area contributed by atoms with E-state index in [1.165, 1.54) is 58.4 Å². The van der Waals surface area contributed by atoms with Crippen LogP contribution >= 0.6 is 0 Å². The second-order valence-corrected chi connectivity index (χ2v) is 21.4. The Morgan fingerprint density at radius 1 is 0.703 bits per heavy atom. The first-order valence-electron chi connectivity index (χ1n) is 13.9. The van der Waals surface area contributed by atoms with Gasteiger partial charge in [-0.2, -0.15) is 12.1 Å². The Kier molecular flexibility index (Phi) is 11.3. The molecule has 0 unspecified atom stereocenters. The van der Waals surface area contributed by atoms with Crippen molar-refractivity contribution in [3.8, 4) is 0 Å². The number of fused-ring (bicyclic) bond motifs is 2. The van der Waals surface area contributed by atoms with Crippen molar-refractivity contribution in [2.24, 2.45) is 0 Å². The molecule has 4 heteroatoms. The molecule has 0 aromatic heterocycles.